The maximum absolute atomic E-state index is 13.2. The summed E-state index contributed by atoms with van der Waals surface area (Å²) in [7, 11) is 0. The summed E-state index contributed by atoms with van der Waals surface area (Å²) in [6.07, 6.45) is 0. The van der Waals surface area contributed by atoms with Crippen LogP contribution in [0.2, 0.25) is 0 Å². The van der Waals surface area contributed by atoms with Gasteiger partial charge in [0.05, 0.1) is 6.54 Å². The van der Waals surface area contributed by atoms with Crippen molar-refractivity contribution in [1.82, 2.24) is 20.8 Å². The van der Waals surface area contributed by atoms with E-state index >= 15 is 0 Å². The lowest BCUT2D eigenvalue weighted by Gasteiger charge is -2.22. The summed E-state index contributed by atoms with van der Waals surface area (Å²) in [6, 6.07) is 14.6. The van der Waals surface area contributed by atoms with E-state index in [4.69, 9.17) is 0 Å². The van der Waals surface area contributed by atoms with E-state index in [1.54, 1.807) is 12.1 Å². The Bertz CT molecular complexity index is 938. The molecule has 0 spiro atoms. The Hall–Kier alpha value is -2.64. The molecule has 0 fully saturated rings. The van der Waals surface area contributed by atoms with Gasteiger partial charge >= 0.3 is 0 Å². The lowest BCUT2D eigenvalue weighted by molar-refractivity contribution is 0.0950. The Balaban J connectivity index is 1.56. The largest absolute Gasteiger partial charge is 0.346 e. The minimum atomic E-state index is -0.248. The van der Waals surface area contributed by atoms with E-state index < -0.39 is 0 Å². The predicted octanol–water partition coefficient (Wildman–Crippen LogP) is 4.40. The second-order valence-electron chi connectivity index (χ2n) is 7.32. The third-order valence-corrected chi connectivity index (χ3v) is 5.53. The van der Waals surface area contributed by atoms with Crippen molar-refractivity contribution >= 4 is 17.2 Å². The number of hydrogen-bond acceptors (Lipinski definition) is 5. The number of carbonyl (C=O) groups is 1. The van der Waals surface area contributed by atoms with E-state index in [1.807, 2.05) is 31.2 Å². The van der Waals surface area contributed by atoms with Gasteiger partial charge in [-0.05, 0) is 36.1 Å². The number of nitrogens with zero attached hydrogens (tertiary/aromatic N) is 2. The SMILES string of the molecule is Cc1ccc(CNC(=O)c2nnc(CN[C@@H](c3ccc(F)cc3)C(C)C)s2)cc1. The van der Waals surface area contributed by atoms with E-state index in [0.29, 0.717) is 24.0 Å². The maximum atomic E-state index is 13.2. The van der Waals surface area contributed by atoms with Crippen LogP contribution in [-0.2, 0) is 13.1 Å². The maximum Gasteiger partial charge on any atom is 0.282 e. The molecule has 0 radical (unpaired) electrons. The first-order valence-corrected chi connectivity index (χ1v) is 10.4. The van der Waals surface area contributed by atoms with Crippen molar-refractivity contribution in [3.63, 3.8) is 0 Å². The van der Waals surface area contributed by atoms with Crippen molar-refractivity contribution in [1.29, 1.82) is 0 Å². The average molecular weight is 413 g/mol. The average Bonchev–Trinajstić information content (AvgIpc) is 3.18. The molecule has 152 valence electrons. The lowest BCUT2D eigenvalue weighted by Crippen LogP contribution is -2.25. The smallest absolute Gasteiger partial charge is 0.282 e. The van der Waals surface area contributed by atoms with E-state index in [0.717, 1.165) is 16.1 Å². The molecule has 2 aromatic carbocycles. The van der Waals surface area contributed by atoms with E-state index in [1.165, 1.54) is 29.0 Å². The Morgan fingerprint density at radius 2 is 1.72 bits per heavy atom. The molecule has 0 saturated carbocycles. The van der Waals surface area contributed by atoms with Crippen molar-refractivity contribution in [2.75, 3.05) is 0 Å². The molecule has 0 unspecified atom stereocenters. The summed E-state index contributed by atoms with van der Waals surface area (Å²) in [5.41, 5.74) is 3.23. The molecular weight excluding hydrogens is 387 g/mol. The Labute approximate surface area is 174 Å². The number of aromatic nitrogens is 2. The van der Waals surface area contributed by atoms with Crippen LogP contribution in [0.1, 0.15) is 51.4 Å². The fraction of sp³-hybridized carbons (Fsp3) is 0.318. The van der Waals surface area contributed by atoms with Gasteiger partial charge in [0.25, 0.3) is 5.91 Å². The summed E-state index contributed by atoms with van der Waals surface area (Å²) in [5, 5.41) is 15.5. The lowest BCUT2D eigenvalue weighted by atomic mass is 9.96. The quantitative estimate of drug-likeness (QED) is 0.575. The van der Waals surface area contributed by atoms with Crippen LogP contribution >= 0.6 is 11.3 Å². The molecule has 1 atom stereocenters. The molecule has 0 aliphatic heterocycles. The zero-order valence-electron chi connectivity index (χ0n) is 16.8. The summed E-state index contributed by atoms with van der Waals surface area (Å²) >= 11 is 1.27. The third-order valence-electron chi connectivity index (χ3n) is 4.60. The summed E-state index contributed by atoms with van der Waals surface area (Å²) in [6.45, 7) is 7.17. The van der Waals surface area contributed by atoms with Crippen LogP contribution in [0.5, 0.6) is 0 Å². The normalized spacial score (nSPS) is 12.2. The fourth-order valence-electron chi connectivity index (χ4n) is 2.99. The summed E-state index contributed by atoms with van der Waals surface area (Å²) in [5.74, 6) is -0.166. The van der Waals surface area contributed by atoms with Gasteiger partial charge in [-0.3, -0.25) is 4.79 Å². The van der Waals surface area contributed by atoms with Gasteiger partial charge in [-0.25, -0.2) is 4.39 Å². The molecule has 0 aliphatic carbocycles. The van der Waals surface area contributed by atoms with Gasteiger partial charge < -0.3 is 10.6 Å². The second-order valence-corrected chi connectivity index (χ2v) is 8.39. The standard InChI is InChI=1S/C22H25FN4OS/c1-14(2)20(17-8-10-18(23)11-9-17)24-13-19-26-27-22(29-19)21(28)25-12-16-6-4-15(3)5-7-16/h4-11,14,20,24H,12-13H2,1-3H3,(H,25,28)/t20-/m1/s1. The number of nitrogens with one attached hydrogen (secondary N) is 2. The minimum Gasteiger partial charge on any atom is -0.346 e. The molecule has 1 amide bonds. The molecule has 5 nitrogen and oxygen atoms in total. The fourth-order valence-corrected chi connectivity index (χ4v) is 3.69. The topological polar surface area (TPSA) is 66.9 Å². The highest BCUT2D eigenvalue weighted by atomic mass is 32.1. The number of rotatable bonds is 8. The highest BCUT2D eigenvalue weighted by Crippen LogP contribution is 2.23. The van der Waals surface area contributed by atoms with Gasteiger partial charge in [-0.15, -0.1) is 10.2 Å². The Morgan fingerprint density at radius 3 is 2.38 bits per heavy atom. The van der Waals surface area contributed by atoms with Gasteiger partial charge in [0, 0.05) is 12.6 Å². The van der Waals surface area contributed by atoms with Gasteiger partial charge in [0.15, 0.2) is 0 Å². The monoisotopic (exact) mass is 412 g/mol. The number of amides is 1. The molecule has 1 aromatic heterocycles. The van der Waals surface area contributed by atoms with Gasteiger partial charge in [0.2, 0.25) is 5.01 Å². The van der Waals surface area contributed by atoms with E-state index in [-0.39, 0.29) is 17.8 Å². The molecule has 3 aromatic rings. The predicted molar refractivity (Wildman–Crippen MR) is 113 cm³/mol. The van der Waals surface area contributed by atoms with Crippen LogP contribution in [0, 0.1) is 18.7 Å². The Morgan fingerprint density at radius 1 is 1.03 bits per heavy atom. The number of aryl methyl sites for hydroxylation is 1. The van der Waals surface area contributed by atoms with Crippen molar-refractivity contribution in [2.45, 2.75) is 39.9 Å². The van der Waals surface area contributed by atoms with Crippen LogP contribution in [-0.4, -0.2) is 16.1 Å². The Kier molecular flexibility index (Phi) is 7.06. The van der Waals surface area contributed by atoms with Crippen LogP contribution < -0.4 is 10.6 Å². The molecule has 2 N–H and O–H groups in total. The van der Waals surface area contributed by atoms with E-state index in [2.05, 4.69) is 34.7 Å². The highest BCUT2D eigenvalue weighted by molar-refractivity contribution is 7.13. The van der Waals surface area contributed by atoms with Crippen LogP contribution in [0.3, 0.4) is 0 Å². The van der Waals surface area contributed by atoms with Crippen molar-refractivity contribution in [3.8, 4) is 0 Å². The van der Waals surface area contributed by atoms with Crippen molar-refractivity contribution < 1.29 is 9.18 Å². The molecular formula is C22H25FN4OS. The van der Waals surface area contributed by atoms with Crippen LogP contribution in [0.4, 0.5) is 4.39 Å². The third kappa shape index (κ3) is 5.92. The number of benzene rings is 2. The molecule has 1 heterocycles. The highest BCUT2D eigenvalue weighted by Gasteiger charge is 2.17. The van der Waals surface area contributed by atoms with Crippen LogP contribution in [0.15, 0.2) is 48.5 Å². The van der Waals surface area contributed by atoms with Crippen molar-refractivity contribution in [3.05, 3.63) is 81.1 Å². The number of carbonyl (C=O) groups excluding carboxylic acids is 1. The molecule has 3 rings (SSSR count). The molecule has 0 aliphatic rings. The van der Waals surface area contributed by atoms with Gasteiger partial charge in [-0.1, -0.05) is 67.1 Å². The van der Waals surface area contributed by atoms with E-state index in [9.17, 15) is 9.18 Å². The number of halogens is 1. The molecule has 29 heavy (non-hydrogen) atoms. The minimum absolute atomic E-state index is 0.0540. The first kappa shape index (κ1) is 21.1. The van der Waals surface area contributed by atoms with Crippen molar-refractivity contribution in [2.24, 2.45) is 5.92 Å². The summed E-state index contributed by atoms with van der Waals surface area (Å²) in [4.78, 5) is 12.3. The molecule has 7 heteroatoms. The summed E-state index contributed by atoms with van der Waals surface area (Å²) < 4.78 is 13.2. The molecule has 0 saturated heterocycles. The zero-order valence-corrected chi connectivity index (χ0v) is 17.6. The van der Waals surface area contributed by atoms with Gasteiger partial charge in [0.1, 0.15) is 10.8 Å². The van der Waals surface area contributed by atoms with Gasteiger partial charge in [-0.2, -0.15) is 0 Å². The first-order chi connectivity index (χ1) is 13.9. The van der Waals surface area contributed by atoms with Crippen LogP contribution in [0.25, 0.3) is 0 Å². The number of hydrogen-bond donors (Lipinski definition) is 2. The molecule has 0 bridgehead atoms. The second kappa shape index (κ2) is 9.71. The first-order valence-electron chi connectivity index (χ1n) is 9.57. The zero-order chi connectivity index (χ0) is 20.8.